The van der Waals surface area contributed by atoms with Crippen molar-refractivity contribution in [1.82, 2.24) is 10.6 Å². The van der Waals surface area contributed by atoms with Crippen molar-refractivity contribution in [2.75, 3.05) is 11.5 Å². The summed E-state index contributed by atoms with van der Waals surface area (Å²) >= 11 is 0. The molecule has 1 aliphatic heterocycles. The monoisotopic (exact) mass is 339 g/mol. The third-order valence-corrected chi connectivity index (χ3v) is 5.64. The number of primary amides is 1. The van der Waals surface area contributed by atoms with Crippen LogP contribution < -0.4 is 16.4 Å². The number of amides is 3. The van der Waals surface area contributed by atoms with Crippen LogP contribution in [0.2, 0.25) is 0 Å². The zero-order chi connectivity index (χ0) is 17.0. The smallest absolute Gasteiger partial charge is 0.312 e. The lowest BCUT2D eigenvalue weighted by atomic mass is 9.98. The molecule has 1 aliphatic rings. The molecule has 2 rings (SSSR count). The number of aryl methyl sites for hydroxylation is 1. The molecule has 126 valence electrons. The summed E-state index contributed by atoms with van der Waals surface area (Å²) in [6.07, 6.45) is 0.427. The molecule has 3 amide bonds. The minimum Gasteiger partial charge on any atom is -0.352 e. The predicted octanol–water partition coefficient (Wildman–Crippen LogP) is 0.398. The molecule has 0 radical (unpaired) electrons. The lowest BCUT2D eigenvalue weighted by Gasteiger charge is -2.20. The normalized spacial score (nSPS) is 20.7. The third kappa shape index (κ3) is 4.95. The van der Waals surface area contributed by atoms with Crippen LogP contribution in [-0.2, 0) is 14.6 Å². The summed E-state index contributed by atoms with van der Waals surface area (Å²) in [5.74, 6) is -0.246. The van der Waals surface area contributed by atoms with Gasteiger partial charge in [-0.15, -0.1) is 0 Å². The maximum atomic E-state index is 12.2. The zero-order valence-electron chi connectivity index (χ0n) is 12.9. The predicted molar refractivity (Wildman–Crippen MR) is 86.5 cm³/mol. The number of hydrogen-bond acceptors (Lipinski definition) is 4. The summed E-state index contributed by atoms with van der Waals surface area (Å²) in [6.45, 7) is 1.88. The number of rotatable bonds is 5. The summed E-state index contributed by atoms with van der Waals surface area (Å²) in [5, 5.41) is 5.29. The Bertz CT molecular complexity index is 702. The molecule has 7 nitrogen and oxygen atoms in total. The lowest BCUT2D eigenvalue weighted by molar-refractivity contribution is -0.122. The van der Waals surface area contributed by atoms with E-state index in [2.05, 4.69) is 10.6 Å². The first-order chi connectivity index (χ1) is 10.8. The molecule has 1 saturated heterocycles. The van der Waals surface area contributed by atoms with E-state index < -0.39 is 21.9 Å². The van der Waals surface area contributed by atoms with Gasteiger partial charge >= 0.3 is 6.03 Å². The van der Waals surface area contributed by atoms with E-state index in [0.717, 1.165) is 11.1 Å². The number of hydrogen-bond donors (Lipinski definition) is 3. The second kappa shape index (κ2) is 6.99. The molecule has 2 atom stereocenters. The molecular weight excluding hydrogens is 318 g/mol. The van der Waals surface area contributed by atoms with Crippen LogP contribution in [0.3, 0.4) is 0 Å². The third-order valence-electron chi connectivity index (χ3n) is 3.87. The highest BCUT2D eigenvalue weighted by molar-refractivity contribution is 7.91. The molecule has 1 heterocycles. The first-order valence-corrected chi connectivity index (χ1v) is 9.20. The van der Waals surface area contributed by atoms with E-state index in [4.69, 9.17) is 5.73 Å². The highest BCUT2D eigenvalue weighted by atomic mass is 32.2. The maximum Gasteiger partial charge on any atom is 0.312 e. The fourth-order valence-electron chi connectivity index (χ4n) is 2.77. The van der Waals surface area contributed by atoms with Gasteiger partial charge in [-0.2, -0.15) is 0 Å². The Morgan fingerprint density at radius 1 is 1.35 bits per heavy atom. The number of carbonyl (C=O) groups is 2. The quantitative estimate of drug-likeness (QED) is 0.719. The second-order valence-corrected chi connectivity index (χ2v) is 8.02. The molecule has 4 N–H and O–H groups in total. The van der Waals surface area contributed by atoms with Gasteiger partial charge in [0.1, 0.15) is 0 Å². The highest BCUT2D eigenvalue weighted by Crippen LogP contribution is 2.21. The molecule has 1 aromatic rings. The standard InChI is InChI=1S/C15H21N3O4S/c1-10-4-2-3-5-12(10)13(18-15(16)20)8-14(19)17-11-6-7-23(21,22)9-11/h2-5,11,13H,6-9H2,1H3,(H,17,19)(H3,16,18,20). The Kier molecular flexibility index (Phi) is 5.25. The number of carbonyl (C=O) groups excluding carboxylic acids is 2. The average molecular weight is 339 g/mol. The van der Waals surface area contributed by atoms with Crippen molar-refractivity contribution in [3.63, 3.8) is 0 Å². The minimum atomic E-state index is -3.05. The van der Waals surface area contributed by atoms with Crippen molar-refractivity contribution in [3.05, 3.63) is 35.4 Å². The summed E-state index contributed by atoms with van der Waals surface area (Å²) in [4.78, 5) is 23.4. The number of sulfone groups is 1. The molecule has 0 aliphatic carbocycles. The highest BCUT2D eigenvalue weighted by Gasteiger charge is 2.29. The molecule has 1 aromatic carbocycles. The Morgan fingerprint density at radius 3 is 2.61 bits per heavy atom. The zero-order valence-corrected chi connectivity index (χ0v) is 13.7. The van der Waals surface area contributed by atoms with Crippen molar-refractivity contribution < 1.29 is 18.0 Å². The van der Waals surface area contributed by atoms with Crippen molar-refractivity contribution >= 4 is 21.8 Å². The molecule has 0 aromatic heterocycles. The van der Waals surface area contributed by atoms with Crippen LogP contribution in [-0.4, -0.2) is 37.9 Å². The summed E-state index contributed by atoms with van der Waals surface area (Å²) in [5.41, 5.74) is 6.93. The van der Waals surface area contributed by atoms with Crippen LogP contribution >= 0.6 is 0 Å². The number of benzene rings is 1. The van der Waals surface area contributed by atoms with Crippen molar-refractivity contribution in [1.29, 1.82) is 0 Å². The molecule has 0 bridgehead atoms. The molecule has 8 heteroatoms. The van der Waals surface area contributed by atoms with Gasteiger partial charge in [0.15, 0.2) is 9.84 Å². The second-order valence-electron chi connectivity index (χ2n) is 5.79. The maximum absolute atomic E-state index is 12.2. The van der Waals surface area contributed by atoms with Gasteiger partial charge in [0, 0.05) is 6.04 Å². The van der Waals surface area contributed by atoms with E-state index in [1.807, 2.05) is 31.2 Å². The molecule has 0 saturated carbocycles. The largest absolute Gasteiger partial charge is 0.352 e. The van der Waals surface area contributed by atoms with Crippen LogP contribution in [0.5, 0.6) is 0 Å². The van der Waals surface area contributed by atoms with E-state index in [0.29, 0.717) is 6.42 Å². The summed E-state index contributed by atoms with van der Waals surface area (Å²) in [6, 6.07) is 5.76. The van der Waals surface area contributed by atoms with Crippen molar-refractivity contribution in [3.8, 4) is 0 Å². The first kappa shape index (κ1) is 17.3. The van der Waals surface area contributed by atoms with Crippen LogP contribution in [0.4, 0.5) is 4.79 Å². The molecule has 23 heavy (non-hydrogen) atoms. The van der Waals surface area contributed by atoms with Gasteiger partial charge in [-0.1, -0.05) is 24.3 Å². The summed E-state index contributed by atoms with van der Waals surface area (Å²) in [7, 11) is -3.05. The van der Waals surface area contributed by atoms with Crippen LogP contribution in [0, 0.1) is 6.92 Å². The van der Waals surface area contributed by atoms with Gasteiger partial charge in [-0.3, -0.25) is 4.79 Å². The van der Waals surface area contributed by atoms with Crippen LogP contribution in [0.15, 0.2) is 24.3 Å². The Hall–Kier alpha value is -2.09. The van der Waals surface area contributed by atoms with E-state index >= 15 is 0 Å². The number of nitrogens with two attached hydrogens (primary N) is 1. The van der Waals surface area contributed by atoms with Gasteiger partial charge in [-0.25, -0.2) is 13.2 Å². The van der Waals surface area contributed by atoms with E-state index in [1.54, 1.807) is 0 Å². The molecule has 2 unspecified atom stereocenters. The van der Waals surface area contributed by atoms with Crippen molar-refractivity contribution in [2.45, 2.75) is 31.8 Å². The Balaban J connectivity index is 2.04. The number of nitrogens with one attached hydrogen (secondary N) is 2. The van der Waals surface area contributed by atoms with E-state index in [1.165, 1.54) is 0 Å². The first-order valence-electron chi connectivity index (χ1n) is 7.38. The van der Waals surface area contributed by atoms with Crippen molar-refractivity contribution in [2.24, 2.45) is 5.73 Å². The fraction of sp³-hybridized carbons (Fsp3) is 0.467. The average Bonchev–Trinajstić information content (AvgIpc) is 2.77. The topological polar surface area (TPSA) is 118 Å². The molecular formula is C15H21N3O4S. The van der Waals surface area contributed by atoms with E-state index in [9.17, 15) is 18.0 Å². The molecule has 0 spiro atoms. The Morgan fingerprint density at radius 2 is 2.04 bits per heavy atom. The van der Waals surface area contributed by atoms with Gasteiger partial charge < -0.3 is 16.4 Å². The van der Waals surface area contributed by atoms with Gasteiger partial charge in [0.25, 0.3) is 0 Å². The van der Waals surface area contributed by atoms with Crippen LogP contribution in [0.25, 0.3) is 0 Å². The lowest BCUT2D eigenvalue weighted by Crippen LogP contribution is -2.40. The minimum absolute atomic E-state index is 0.00431. The van der Waals surface area contributed by atoms with Crippen LogP contribution in [0.1, 0.15) is 30.0 Å². The van der Waals surface area contributed by atoms with Gasteiger partial charge in [0.05, 0.1) is 24.0 Å². The SMILES string of the molecule is Cc1ccccc1C(CC(=O)NC1CCS(=O)(=O)C1)NC(N)=O. The van der Waals surface area contributed by atoms with Gasteiger partial charge in [0.2, 0.25) is 5.91 Å². The summed E-state index contributed by atoms with van der Waals surface area (Å²) < 4.78 is 22.9. The van der Waals surface area contributed by atoms with E-state index in [-0.39, 0.29) is 29.9 Å². The Labute approximate surface area is 135 Å². The van der Waals surface area contributed by atoms with Gasteiger partial charge in [-0.05, 0) is 24.5 Å². The number of urea groups is 1. The fourth-order valence-corrected chi connectivity index (χ4v) is 4.44. The molecule has 1 fully saturated rings.